The highest BCUT2D eigenvalue weighted by Gasteiger charge is 2.28. The van der Waals surface area contributed by atoms with Crippen LogP contribution in [0.15, 0.2) is 29.6 Å². The Labute approximate surface area is 150 Å². The van der Waals surface area contributed by atoms with Crippen LogP contribution in [0.4, 0.5) is 0 Å². The maximum absolute atomic E-state index is 12.5. The Bertz CT molecular complexity index is 852. The molecule has 0 saturated carbocycles. The summed E-state index contributed by atoms with van der Waals surface area (Å²) < 4.78 is 7.19. The van der Waals surface area contributed by atoms with Gasteiger partial charge in [-0.25, -0.2) is 4.98 Å². The van der Waals surface area contributed by atoms with Gasteiger partial charge in [0.15, 0.2) is 0 Å². The van der Waals surface area contributed by atoms with Crippen LogP contribution in [-0.2, 0) is 11.3 Å². The van der Waals surface area contributed by atoms with Crippen molar-refractivity contribution in [2.45, 2.75) is 32.9 Å². The first-order valence-electron chi connectivity index (χ1n) is 8.02. The lowest BCUT2D eigenvalue weighted by atomic mass is 10.3. The van der Waals surface area contributed by atoms with Crippen molar-refractivity contribution in [1.29, 1.82) is 0 Å². The predicted molar refractivity (Wildman–Crippen MR) is 92.8 cm³/mol. The molecule has 0 radical (unpaired) electrons. The van der Waals surface area contributed by atoms with E-state index >= 15 is 0 Å². The highest BCUT2D eigenvalue weighted by molar-refractivity contribution is 6.31. The molecule has 0 spiro atoms. The Kier molecular flexibility index (Phi) is 5.03. The average molecular weight is 363 g/mol. The van der Waals surface area contributed by atoms with Gasteiger partial charge in [-0.1, -0.05) is 11.6 Å². The van der Waals surface area contributed by atoms with Crippen LogP contribution < -0.4 is 10.3 Å². The largest absolute Gasteiger partial charge is 0.487 e. The second-order valence-electron chi connectivity index (χ2n) is 6.06. The molecule has 1 saturated heterocycles. The average Bonchev–Trinajstić information content (AvgIpc) is 3.06. The SMILES string of the molecule is Cc1ncn(CC(=O)N2CCC(Oc3ccncc3Cl)C2)c(=O)c1C. The van der Waals surface area contributed by atoms with E-state index in [2.05, 4.69) is 9.97 Å². The van der Waals surface area contributed by atoms with E-state index in [9.17, 15) is 9.59 Å². The first-order valence-corrected chi connectivity index (χ1v) is 8.40. The van der Waals surface area contributed by atoms with Gasteiger partial charge in [0.2, 0.25) is 5.91 Å². The summed E-state index contributed by atoms with van der Waals surface area (Å²) in [6.07, 6.45) is 5.14. The Morgan fingerprint density at radius 3 is 3.00 bits per heavy atom. The molecule has 3 heterocycles. The first kappa shape index (κ1) is 17.4. The number of carbonyl (C=O) groups is 1. The molecule has 0 N–H and O–H groups in total. The molecule has 7 nitrogen and oxygen atoms in total. The third kappa shape index (κ3) is 3.82. The number of aromatic nitrogens is 3. The monoisotopic (exact) mass is 362 g/mol. The third-order valence-corrected chi connectivity index (χ3v) is 4.63. The van der Waals surface area contributed by atoms with Crippen LogP contribution >= 0.6 is 11.6 Å². The fraction of sp³-hybridized carbons (Fsp3) is 0.412. The molecule has 1 unspecified atom stereocenters. The molecule has 0 aliphatic carbocycles. The zero-order valence-corrected chi connectivity index (χ0v) is 14.9. The van der Waals surface area contributed by atoms with Crippen LogP contribution in [0.1, 0.15) is 17.7 Å². The van der Waals surface area contributed by atoms with Crippen molar-refractivity contribution in [2.75, 3.05) is 13.1 Å². The van der Waals surface area contributed by atoms with E-state index in [1.807, 2.05) is 0 Å². The highest BCUT2D eigenvalue weighted by Crippen LogP contribution is 2.25. The number of halogens is 1. The standard InChI is InChI=1S/C17H19ClN4O3/c1-11-12(2)20-10-22(17(11)24)9-16(23)21-6-4-13(8-21)25-15-3-5-19-7-14(15)18/h3,5,7,10,13H,4,6,8-9H2,1-2H3. The van der Waals surface area contributed by atoms with E-state index < -0.39 is 0 Å². The van der Waals surface area contributed by atoms with Gasteiger partial charge in [-0.3, -0.25) is 19.1 Å². The van der Waals surface area contributed by atoms with Crippen molar-refractivity contribution < 1.29 is 9.53 Å². The summed E-state index contributed by atoms with van der Waals surface area (Å²) in [5, 5.41) is 0.444. The fourth-order valence-corrected chi connectivity index (χ4v) is 2.89. The first-order chi connectivity index (χ1) is 12.0. The van der Waals surface area contributed by atoms with Gasteiger partial charge in [-0.05, 0) is 13.8 Å². The summed E-state index contributed by atoms with van der Waals surface area (Å²) >= 11 is 6.04. The molecule has 1 aliphatic heterocycles. The molecule has 1 fully saturated rings. The number of carbonyl (C=O) groups excluding carboxylic acids is 1. The summed E-state index contributed by atoms with van der Waals surface area (Å²) in [6.45, 7) is 4.51. The minimum Gasteiger partial charge on any atom is -0.487 e. The molecule has 132 valence electrons. The number of pyridine rings is 1. The van der Waals surface area contributed by atoms with Crippen LogP contribution in [-0.4, -0.2) is 44.5 Å². The summed E-state index contributed by atoms with van der Waals surface area (Å²) in [7, 11) is 0. The third-order valence-electron chi connectivity index (χ3n) is 4.35. The van der Waals surface area contributed by atoms with Gasteiger partial charge >= 0.3 is 0 Å². The molecule has 0 bridgehead atoms. The Morgan fingerprint density at radius 2 is 2.24 bits per heavy atom. The molecule has 3 rings (SSSR count). The van der Waals surface area contributed by atoms with E-state index in [0.29, 0.717) is 41.5 Å². The van der Waals surface area contributed by atoms with Crippen molar-refractivity contribution in [3.8, 4) is 5.75 Å². The molecule has 8 heteroatoms. The van der Waals surface area contributed by atoms with E-state index in [-0.39, 0.29) is 24.1 Å². The number of likely N-dealkylation sites (tertiary alicyclic amines) is 1. The second-order valence-corrected chi connectivity index (χ2v) is 6.47. The van der Waals surface area contributed by atoms with E-state index in [4.69, 9.17) is 16.3 Å². The number of hydrogen-bond donors (Lipinski definition) is 0. The smallest absolute Gasteiger partial charge is 0.256 e. The lowest BCUT2D eigenvalue weighted by molar-refractivity contribution is -0.131. The summed E-state index contributed by atoms with van der Waals surface area (Å²) in [4.78, 5) is 34.4. The molecule has 2 aromatic rings. The molecular weight excluding hydrogens is 344 g/mol. The Balaban J connectivity index is 1.62. The van der Waals surface area contributed by atoms with Crippen LogP contribution in [0.2, 0.25) is 5.02 Å². The van der Waals surface area contributed by atoms with E-state index in [0.717, 1.165) is 0 Å². The van der Waals surface area contributed by atoms with Gasteiger partial charge in [-0.15, -0.1) is 0 Å². The van der Waals surface area contributed by atoms with Crippen molar-refractivity contribution in [3.63, 3.8) is 0 Å². The molecule has 2 aromatic heterocycles. The van der Waals surface area contributed by atoms with Gasteiger partial charge in [0, 0.05) is 42.7 Å². The molecule has 0 aromatic carbocycles. The molecule has 25 heavy (non-hydrogen) atoms. The Hall–Kier alpha value is -2.41. The number of aryl methyl sites for hydroxylation is 1. The van der Waals surface area contributed by atoms with E-state index in [1.54, 1.807) is 31.0 Å². The number of ether oxygens (including phenoxy) is 1. The minimum absolute atomic E-state index is 0.0182. The minimum atomic E-state index is -0.184. The lowest BCUT2D eigenvalue weighted by Gasteiger charge is -2.18. The van der Waals surface area contributed by atoms with Crippen LogP contribution in [0.5, 0.6) is 5.75 Å². The topological polar surface area (TPSA) is 77.3 Å². The van der Waals surface area contributed by atoms with Crippen molar-refractivity contribution in [3.05, 3.63) is 51.4 Å². The van der Waals surface area contributed by atoms with Gasteiger partial charge in [0.05, 0.1) is 12.9 Å². The molecule has 1 amide bonds. The number of amides is 1. The molecule has 1 aliphatic rings. The van der Waals surface area contributed by atoms with Crippen molar-refractivity contribution in [1.82, 2.24) is 19.4 Å². The summed E-state index contributed by atoms with van der Waals surface area (Å²) in [6, 6.07) is 1.70. The van der Waals surface area contributed by atoms with Crippen LogP contribution in [0.25, 0.3) is 0 Å². The number of hydrogen-bond acceptors (Lipinski definition) is 5. The highest BCUT2D eigenvalue weighted by atomic mass is 35.5. The van der Waals surface area contributed by atoms with Crippen molar-refractivity contribution in [2.24, 2.45) is 0 Å². The van der Waals surface area contributed by atoms with Gasteiger partial charge in [-0.2, -0.15) is 0 Å². The second kappa shape index (κ2) is 7.23. The van der Waals surface area contributed by atoms with Gasteiger partial charge < -0.3 is 9.64 Å². The maximum atomic E-state index is 12.5. The molecular formula is C17H19ClN4O3. The summed E-state index contributed by atoms with van der Waals surface area (Å²) in [5.74, 6) is 0.435. The van der Waals surface area contributed by atoms with E-state index in [1.165, 1.54) is 17.1 Å². The Morgan fingerprint density at radius 1 is 1.44 bits per heavy atom. The molecule has 1 atom stereocenters. The number of rotatable bonds is 4. The van der Waals surface area contributed by atoms with Crippen LogP contribution in [0, 0.1) is 13.8 Å². The fourth-order valence-electron chi connectivity index (χ4n) is 2.72. The zero-order chi connectivity index (χ0) is 18.0. The van der Waals surface area contributed by atoms with Gasteiger partial charge in [0.1, 0.15) is 23.4 Å². The maximum Gasteiger partial charge on any atom is 0.256 e. The number of nitrogens with zero attached hydrogens (tertiary/aromatic N) is 4. The zero-order valence-electron chi connectivity index (χ0n) is 14.1. The van der Waals surface area contributed by atoms with Crippen molar-refractivity contribution >= 4 is 17.5 Å². The predicted octanol–water partition coefficient (Wildman–Crippen LogP) is 1.59. The summed E-state index contributed by atoms with van der Waals surface area (Å²) in [5.41, 5.74) is 1.05. The quantitative estimate of drug-likeness (QED) is 0.825. The lowest BCUT2D eigenvalue weighted by Crippen LogP contribution is -2.36. The normalized spacial score (nSPS) is 16.9. The van der Waals surface area contributed by atoms with Crippen LogP contribution in [0.3, 0.4) is 0 Å². The van der Waals surface area contributed by atoms with Gasteiger partial charge in [0.25, 0.3) is 5.56 Å².